The number of ether oxygens (including phenoxy) is 1. The quantitative estimate of drug-likeness (QED) is 0.738. The summed E-state index contributed by atoms with van der Waals surface area (Å²) < 4.78 is 11.2. The van der Waals surface area contributed by atoms with Gasteiger partial charge in [0.15, 0.2) is 0 Å². The summed E-state index contributed by atoms with van der Waals surface area (Å²) in [6.07, 6.45) is 1.72. The summed E-state index contributed by atoms with van der Waals surface area (Å²) in [5.41, 5.74) is 1.77. The number of aromatic nitrogens is 1. The molecule has 0 fully saturated rings. The van der Waals surface area contributed by atoms with Gasteiger partial charge in [0.25, 0.3) is 0 Å². The molecule has 6 nitrogen and oxygen atoms in total. The van der Waals surface area contributed by atoms with Crippen LogP contribution in [0.3, 0.4) is 0 Å². The number of carbonyl (C=O) groups excluding carboxylic acids is 1. The number of fused-ring (bicyclic) bond motifs is 1. The Kier molecular flexibility index (Phi) is 4.71. The molecular formula is C17H19N3O3S. The first-order valence-electron chi connectivity index (χ1n) is 7.58. The second kappa shape index (κ2) is 6.92. The molecule has 126 valence electrons. The number of carbonyl (C=O) groups is 1. The zero-order valence-electron chi connectivity index (χ0n) is 13.8. The number of aryl methyl sites for hydroxylation is 1. The number of rotatable bonds is 5. The van der Waals surface area contributed by atoms with Crippen LogP contribution >= 0.6 is 11.3 Å². The minimum Gasteiger partial charge on any atom is -0.497 e. The highest BCUT2D eigenvalue weighted by Gasteiger charge is 2.18. The molecule has 0 aliphatic carbocycles. The maximum absolute atomic E-state index is 12.0. The van der Waals surface area contributed by atoms with Gasteiger partial charge < -0.3 is 19.8 Å². The standard InChI is InChI=1S/C17H19N3O3S/c1-10-13-8-12(22-3)4-5-14(13)23-16(10)11(2)20-17(21)19-9-15-18-6-7-24-15/h4-8,11H,9H2,1-3H3,(H2,19,20,21)/t11-/m1/s1. The zero-order valence-corrected chi connectivity index (χ0v) is 14.6. The lowest BCUT2D eigenvalue weighted by atomic mass is 10.1. The van der Waals surface area contributed by atoms with Gasteiger partial charge in [-0.25, -0.2) is 9.78 Å². The summed E-state index contributed by atoms with van der Waals surface area (Å²) in [4.78, 5) is 16.2. The summed E-state index contributed by atoms with van der Waals surface area (Å²) in [7, 11) is 1.63. The monoisotopic (exact) mass is 345 g/mol. The molecule has 7 heteroatoms. The van der Waals surface area contributed by atoms with Crippen molar-refractivity contribution in [2.24, 2.45) is 0 Å². The number of hydrogen-bond donors (Lipinski definition) is 2. The number of amides is 2. The molecule has 2 N–H and O–H groups in total. The summed E-state index contributed by atoms with van der Waals surface area (Å²) >= 11 is 1.51. The predicted octanol–water partition coefficient (Wildman–Crippen LogP) is 3.77. The summed E-state index contributed by atoms with van der Waals surface area (Å²) in [5, 5.41) is 9.42. The highest BCUT2D eigenvalue weighted by atomic mass is 32.1. The normalized spacial score (nSPS) is 12.1. The highest BCUT2D eigenvalue weighted by molar-refractivity contribution is 7.09. The molecule has 0 aliphatic rings. The lowest BCUT2D eigenvalue weighted by Crippen LogP contribution is -2.36. The predicted molar refractivity (Wildman–Crippen MR) is 93.4 cm³/mol. The van der Waals surface area contributed by atoms with E-state index < -0.39 is 0 Å². The molecule has 2 heterocycles. The minimum absolute atomic E-state index is 0.250. The van der Waals surface area contributed by atoms with Crippen LogP contribution in [0.4, 0.5) is 4.79 Å². The molecular weight excluding hydrogens is 326 g/mol. The smallest absolute Gasteiger partial charge is 0.315 e. The maximum Gasteiger partial charge on any atom is 0.315 e. The molecule has 3 rings (SSSR count). The maximum atomic E-state index is 12.0. The molecule has 0 spiro atoms. The van der Waals surface area contributed by atoms with Crippen molar-refractivity contribution in [1.29, 1.82) is 0 Å². The van der Waals surface area contributed by atoms with Gasteiger partial charge in [0.2, 0.25) is 0 Å². The Bertz CT molecular complexity index is 842. The van der Waals surface area contributed by atoms with E-state index in [1.807, 2.05) is 37.4 Å². The first-order valence-corrected chi connectivity index (χ1v) is 8.46. The van der Waals surface area contributed by atoms with Crippen molar-refractivity contribution >= 4 is 28.3 Å². The first-order chi connectivity index (χ1) is 11.6. The Morgan fingerprint density at radius 3 is 3.00 bits per heavy atom. The number of thiazole rings is 1. The van der Waals surface area contributed by atoms with Crippen LogP contribution in [0.15, 0.2) is 34.2 Å². The van der Waals surface area contributed by atoms with Crippen LogP contribution in [0.25, 0.3) is 11.0 Å². The lowest BCUT2D eigenvalue weighted by molar-refractivity contribution is 0.236. The number of hydrogen-bond acceptors (Lipinski definition) is 5. The van der Waals surface area contributed by atoms with Gasteiger partial charge in [0.05, 0.1) is 19.7 Å². The Balaban J connectivity index is 1.70. The third-order valence-corrected chi connectivity index (χ3v) is 4.58. The SMILES string of the molecule is COc1ccc2oc([C@@H](C)NC(=O)NCc3nccs3)c(C)c2c1. The van der Waals surface area contributed by atoms with E-state index in [-0.39, 0.29) is 12.1 Å². The molecule has 2 amide bonds. The Hall–Kier alpha value is -2.54. The largest absolute Gasteiger partial charge is 0.497 e. The van der Waals surface area contributed by atoms with Crippen molar-refractivity contribution in [1.82, 2.24) is 15.6 Å². The zero-order chi connectivity index (χ0) is 17.1. The van der Waals surface area contributed by atoms with E-state index in [9.17, 15) is 4.79 Å². The van der Waals surface area contributed by atoms with Gasteiger partial charge in [-0.05, 0) is 32.0 Å². The number of furan rings is 1. The fraction of sp³-hybridized carbons (Fsp3) is 0.294. The first kappa shape index (κ1) is 16.3. The minimum atomic E-state index is -0.255. The topological polar surface area (TPSA) is 76.4 Å². The van der Waals surface area contributed by atoms with Crippen LogP contribution in [0, 0.1) is 6.92 Å². The van der Waals surface area contributed by atoms with Gasteiger partial charge in [-0.1, -0.05) is 0 Å². The van der Waals surface area contributed by atoms with Crippen molar-refractivity contribution in [3.63, 3.8) is 0 Å². The van der Waals surface area contributed by atoms with Crippen LogP contribution in [0.2, 0.25) is 0 Å². The Morgan fingerprint density at radius 2 is 2.29 bits per heavy atom. The van der Waals surface area contributed by atoms with Gasteiger partial charge in [-0.3, -0.25) is 0 Å². The number of benzene rings is 1. The molecule has 0 radical (unpaired) electrons. The van der Waals surface area contributed by atoms with Gasteiger partial charge >= 0.3 is 6.03 Å². The van der Waals surface area contributed by atoms with Crippen LogP contribution in [-0.4, -0.2) is 18.1 Å². The van der Waals surface area contributed by atoms with Gasteiger partial charge in [-0.15, -0.1) is 11.3 Å². The van der Waals surface area contributed by atoms with Gasteiger partial charge in [0.1, 0.15) is 22.1 Å². The van der Waals surface area contributed by atoms with Gasteiger partial charge in [0, 0.05) is 22.5 Å². The van der Waals surface area contributed by atoms with Crippen molar-refractivity contribution in [2.75, 3.05) is 7.11 Å². The Morgan fingerprint density at radius 1 is 1.46 bits per heavy atom. The molecule has 24 heavy (non-hydrogen) atoms. The van der Waals surface area contributed by atoms with Crippen molar-refractivity contribution in [2.45, 2.75) is 26.4 Å². The van der Waals surface area contributed by atoms with Crippen LogP contribution in [0.5, 0.6) is 5.75 Å². The van der Waals surface area contributed by atoms with E-state index in [0.29, 0.717) is 6.54 Å². The summed E-state index contributed by atoms with van der Waals surface area (Å²) in [6, 6.07) is 5.16. The van der Waals surface area contributed by atoms with E-state index in [2.05, 4.69) is 15.6 Å². The molecule has 1 atom stereocenters. The molecule has 0 aliphatic heterocycles. The summed E-state index contributed by atoms with van der Waals surface area (Å²) in [5.74, 6) is 1.52. The molecule has 0 saturated heterocycles. The van der Waals surface area contributed by atoms with Crippen LogP contribution in [0.1, 0.15) is 29.3 Å². The fourth-order valence-electron chi connectivity index (χ4n) is 2.57. The third kappa shape index (κ3) is 3.35. The van der Waals surface area contributed by atoms with Crippen molar-refractivity contribution < 1.29 is 13.9 Å². The average Bonchev–Trinajstić information content (AvgIpc) is 3.21. The molecule has 0 saturated carbocycles. The van der Waals surface area contributed by atoms with E-state index in [1.165, 1.54) is 11.3 Å². The molecule has 3 aromatic rings. The number of urea groups is 1. The number of nitrogens with zero attached hydrogens (tertiary/aromatic N) is 1. The number of nitrogens with one attached hydrogen (secondary N) is 2. The van der Waals surface area contributed by atoms with Crippen LogP contribution < -0.4 is 15.4 Å². The lowest BCUT2D eigenvalue weighted by Gasteiger charge is -2.13. The third-order valence-electron chi connectivity index (χ3n) is 3.80. The van der Waals surface area contributed by atoms with Crippen molar-refractivity contribution in [3.05, 3.63) is 46.1 Å². The van der Waals surface area contributed by atoms with E-state index in [1.54, 1.807) is 13.3 Å². The van der Waals surface area contributed by atoms with E-state index in [0.717, 1.165) is 33.1 Å². The second-order valence-electron chi connectivity index (χ2n) is 5.43. The summed E-state index contributed by atoms with van der Waals surface area (Å²) in [6.45, 7) is 4.28. The highest BCUT2D eigenvalue weighted by Crippen LogP contribution is 2.31. The second-order valence-corrected chi connectivity index (χ2v) is 6.41. The van der Waals surface area contributed by atoms with Crippen molar-refractivity contribution in [3.8, 4) is 5.75 Å². The average molecular weight is 345 g/mol. The Labute approximate surface area is 143 Å². The van der Waals surface area contributed by atoms with E-state index >= 15 is 0 Å². The fourth-order valence-corrected chi connectivity index (χ4v) is 3.12. The molecule has 2 aromatic heterocycles. The molecule has 0 bridgehead atoms. The molecule has 1 aromatic carbocycles. The molecule has 0 unspecified atom stereocenters. The van der Waals surface area contributed by atoms with Gasteiger partial charge in [-0.2, -0.15) is 0 Å². The number of methoxy groups -OCH3 is 1. The van der Waals surface area contributed by atoms with E-state index in [4.69, 9.17) is 9.15 Å². The van der Waals surface area contributed by atoms with Crippen LogP contribution in [-0.2, 0) is 6.54 Å².